The van der Waals surface area contributed by atoms with Crippen molar-refractivity contribution in [2.24, 2.45) is 5.92 Å². The highest BCUT2D eigenvalue weighted by Gasteiger charge is 2.17. The van der Waals surface area contributed by atoms with Crippen molar-refractivity contribution in [1.29, 1.82) is 0 Å². The second-order valence-electron chi connectivity index (χ2n) is 4.86. The quantitative estimate of drug-likeness (QED) is 0.892. The zero-order valence-electron chi connectivity index (χ0n) is 11.2. The van der Waals surface area contributed by atoms with E-state index in [1.54, 1.807) is 17.7 Å². The Morgan fingerprint density at radius 3 is 2.67 bits per heavy atom. The molecule has 0 bridgehead atoms. The average molecular weight is 265 g/mol. The zero-order valence-corrected chi connectivity index (χ0v) is 12.0. The van der Waals surface area contributed by atoms with Crippen LogP contribution in [0.15, 0.2) is 6.33 Å². The highest BCUT2D eigenvalue weighted by atomic mass is 32.1. The Bertz CT molecular complexity index is 550. The lowest BCUT2D eigenvalue weighted by atomic mass is 10.1. The summed E-state index contributed by atoms with van der Waals surface area (Å²) in [7, 11) is 0. The number of anilines is 1. The predicted octanol–water partition coefficient (Wildman–Crippen LogP) is 2.74. The first-order valence-corrected chi connectivity index (χ1v) is 6.94. The first-order valence-electron chi connectivity index (χ1n) is 6.12. The molecule has 0 saturated carbocycles. The summed E-state index contributed by atoms with van der Waals surface area (Å²) in [5.41, 5.74) is 1.22. The van der Waals surface area contributed by atoms with E-state index in [4.69, 9.17) is 0 Å². The van der Waals surface area contributed by atoms with Crippen LogP contribution in [0.2, 0.25) is 0 Å². The molecule has 18 heavy (non-hydrogen) atoms. The molecule has 0 aliphatic carbocycles. The minimum absolute atomic E-state index is 0.0164. The van der Waals surface area contributed by atoms with Crippen molar-refractivity contribution in [3.8, 4) is 0 Å². The van der Waals surface area contributed by atoms with E-state index in [9.17, 15) is 5.11 Å². The monoisotopic (exact) mass is 265 g/mol. The van der Waals surface area contributed by atoms with Crippen LogP contribution in [0.25, 0.3) is 10.2 Å². The van der Waals surface area contributed by atoms with E-state index in [1.165, 1.54) is 10.4 Å². The van der Waals surface area contributed by atoms with Crippen molar-refractivity contribution < 1.29 is 5.11 Å². The van der Waals surface area contributed by atoms with Gasteiger partial charge in [-0.25, -0.2) is 9.97 Å². The number of hydrogen-bond donors (Lipinski definition) is 2. The summed E-state index contributed by atoms with van der Waals surface area (Å²) in [5, 5.41) is 13.8. The molecule has 2 aromatic rings. The van der Waals surface area contributed by atoms with Crippen LogP contribution in [0.1, 0.15) is 24.3 Å². The minimum atomic E-state index is 0.0164. The van der Waals surface area contributed by atoms with Gasteiger partial charge in [-0.1, -0.05) is 13.8 Å². The van der Waals surface area contributed by atoms with Gasteiger partial charge in [0.15, 0.2) is 0 Å². The molecule has 2 rings (SSSR count). The number of aromatic nitrogens is 2. The van der Waals surface area contributed by atoms with Gasteiger partial charge in [-0.05, 0) is 25.3 Å². The number of thiophene rings is 1. The van der Waals surface area contributed by atoms with Crippen LogP contribution in [0.3, 0.4) is 0 Å². The number of fused-ring (bicyclic) bond motifs is 1. The highest BCUT2D eigenvalue weighted by Crippen LogP contribution is 2.32. The SMILES string of the molecule is Cc1sc2ncnc(N[C@H](CO)C(C)C)c2c1C. The molecule has 2 N–H and O–H groups in total. The number of aliphatic hydroxyl groups excluding tert-OH is 1. The van der Waals surface area contributed by atoms with Crippen LogP contribution >= 0.6 is 11.3 Å². The summed E-state index contributed by atoms with van der Waals surface area (Å²) in [6.07, 6.45) is 1.58. The second-order valence-corrected chi connectivity index (χ2v) is 6.07. The Morgan fingerprint density at radius 1 is 1.33 bits per heavy atom. The van der Waals surface area contributed by atoms with Crippen LogP contribution < -0.4 is 5.32 Å². The molecule has 1 atom stereocenters. The topological polar surface area (TPSA) is 58.0 Å². The Hall–Kier alpha value is -1.20. The van der Waals surface area contributed by atoms with Crippen LogP contribution in [0, 0.1) is 19.8 Å². The fourth-order valence-electron chi connectivity index (χ4n) is 1.89. The molecule has 0 saturated heterocycles. The first-order chi connectivity index (χ1) is 8.54. The van der Waals surface area contributed by atoms with Crippen molar-refractivity contribution in [2.75, 3.05) is 11.9 Å². The molecule has 4 nitrogen and oxygen atoms in total. The smallest absolute Gasteiger partial charge is 0.138 e. The number of nitrogens with one attached hydrogen (secondary N) is 1. The standard InChI is InChI=1S/C13H19N3OS/c1-7(2)10(5-17)16-12-11-8(3)9(4)18-13(11)15-6-14-12/h6-7,10,17H,5H2,1-4H3,(H,14,15,16)/t10-/m1/s1. The molecule has 98 valence electrons. The van der Waals surface area contributed by atoms with Crippen LogP contribution in [0.5, 0.6) is 0 Å². The first kappa shape index (κ1) is 13.2. The minimum Gasteiger partial charge on any atom is -0.394 e. The maximum atomic E-state index is 9.40. The van der Waals surface area contributed by atoms with Crippen LogP contribution in [0.4, 0.5) is 5.82 Å². The lowest BCUT2D eigenvalue weighted by Gasteiger charge is -2.20. The van der Waals surface area contributed by atoms with Gasteiger partial charge in [0.05, 0.1) is 18.0 Å². The lowest BCUT2D eigenvalue weighted by molar-refractivity contribution is 0.249. The molecule has 2 aromatic heterocycles. The molecule has 0 aromatic carbocycles. The summed E-state index contributed by atoms with van der Waals surface area (Å²) < 4.78 is 0. The molecular weight excluding hydrogens is 246 g/mol. The molecular formula is C13H19N3OS. The van der Waals surface area contributed by atoms with E-state index >= 15 is 0 Å². The van der Waals surface area contributed by atoms with Crippen molar-refractivity contribution in [3.63, 3.8) is 0 Å². The number of rotatable bonds is 4. The third-order valence-corrected chi connectivity index (χ3v) is 4.40. The summed E-state index contributed by atoms with van der Waals surface area (Å²) >= 11 is 1.68. The van der Waals surface area contributed by atoms with Crippen molar-refractivity contribution in [3.05, 3.63) is 16.8 Å². The Morgan fingerprint density at radius 2 is 2.06 bits per heavy atom. The number of hydrogen-bond acceptors (Lipinski definition) is 5. The maximum absolute atomic E-state index is 9.40. The number of aryl methyl sites for hydroxylation is 2. The van der Waals surface area contributed by atoms with E-state index in [2.05, 4.69) is 43.0 Å². The maximum Gasteiger partial charge on any atom is 0.138 e. The fraction of sp³-hybridized carbons (Fsp3) is 0.538. The van der Waals surface area contributed by atoms with E-state index in [0.717, 1.165) is 16.0 Å². The van der Waals surface area contributed by atoms with Gasteiger partial charge in [0.25, 0.3) is 0 Å². The molecule has 0 aliphatic rings. The highest BCUT2D eigenvalue weighted by molar-refractivity contribution is 7.18. The Labute approximate surface area is 111 Å². The van der Waals surface area contributed by atoms with Crippen molar-refractivity contribution >= 4 is 27.4 Å². The lowest BCUT2D eigenvalue weighted by Crippen LogP contribution is -2.29. The Balaban J connectivity index is 2.44. The number of aliphatic hydroxyl groups is 1. The van der Waals surface area contributed by atoms with Gasteiger partial charge in [0.1, 0.15) is 17.0 Å². The summed E-state index contributed by atoms with van der Waals surface area (Å²) in [6, 6.07) is 0.0164. The molecule has 0 unspecified atom stereocenters. The van der Waals surface area contributed by atoms with Crippen LogP contribution in [-0.4, -0.2) is 27.7 Å². The molecule has 2 heterocycles. The predicted molar refractivity (Wildman–Crippen MR) is 76.2 cm³/mol. The van der Waals surface area contributed by atoms with Gasteiger partial charge >= 0.3 is 0 Å². The third-order valence-electron chi connectivity index (χ3n) is 3.29. The molecule has 0 fully saturated rings. The van der Waals surface area contributed by atoms with E-state index in [-0.39, 0.29) is 12.6 Å². The van der Waals surface area contributed by atoms with Gasteiger partial charge in [0.2, 0.25) is 0 Å². The van der Waals surface area contributed by atoms with Gasteiger partial charge in [0, 0.05) is 4.88 Å². The van der Waals surface area contributed by atoms with E-state index < -0.39 is 0 Å². The van der Waals surface area contributed by atoms with Gasteiger partial charge in [-0.3, -0.25) is 0 Å². The normalized spacial score (nSPS) is 13.2. The van der Waals surface area contributed by atoms with Crippen LogP contribution in [-0.2, 0) is 0 Å². The molecule has 0 spiro atoms. The molecule has 0 aliphatic heterocycles. The van der Waals surface area contributed by atoms with Crippen molar-refractivity contribution in [2.45, 2.75) is 33.7 Å². The third kappa shape index (κ3) is 2.33. The largest absolute Gasteiger partial charge is 0.394 e. The van der Waals surface area contributed by atoms with E-state index in [0.29, 0.717) is 5.92 Å². The van der Waals surface area contributed by atoms with Gasteiger partial charge in [-0.2, -0.15) is 0 Å². The Kier molecular flexibility index (Phi) is 3.82. The number of nitrogens with zero attached hydrogens (tertiary/aromatic N) is 2. The summed E-state index contributed by atoms with van der Waals surface area (Å²) in [6.45, 7) is 8.45. The fourth-order valence-corrected chi connectivity index (χ4v) is 2.89. The summed E-state index contributed by atoms with van der Waals surface area (Å²) in [4.78, 5) is 10.9. The van der Waals surface area contributed by atoms with Gasteiger partial charge in [-0.15, -0.1) is 11.3 Å². The average Bonchev–Trinajstić information content (AvgIpc) is 2.62. The van der Waals surface area contributed by atoms with Crippen molar-refractivity contribution in [1.82, 2.24) is 9.97 Å². The second kappa shape index (κ2) is 5.20. The summed E-state index contributed by atoms with van der Waals surface area (Å²) in [5.74, 6) is 1.18. The molecule has 0 radical (unpaired) electrons. The van der Waals surface area contributed by atoms with Gasteiger partial charge < -0.3 is 10.4 Å². The van der Waals surface area contributed by atoms with E-state index in [1.807, 2.05) is 0 Å². The molecule has 0 amide bonds. The zero-order chi connectivity index (χ0) is 13.3. The molecule has 5 heteroatoms.